The van der Waals surface area contributed by atoms with Gasteiger partial charge in [0.05, 0.1) is 4.90 Å². The van der Waals surface area contributed by atoms with Crippen LogP contribution < -0.4 is 10.0 Å². The molecule has 24 heavy (non-hydrogen) atoms. The van der Waals surface area contributed by atoms with E-state index in [2.05, 4.69) is 10.0 Å². The van der Waals surface area contributed by atoms with Gasteiger partial charge in [0.2, 0.25) is 15.9 Å². The van der Waals surface area contributed by atoms with E-state index in [1.165, 1.54) is 24.3 Å². The van der Waals surface area contributed by atoms with Crippen LogP contribution in [0, 0.1) is 5.82 Å². The molecular weight excluding hydrogens is 331 g/mol. The van der Waals surface area contributed by atoms with Crippen LogP contribution in [0.3, 0.4) is 0 Å². The fourth-order valence-corrected chi connectivity index (χ4v) is 3.16. The van der Waals surface area contributed by atoms with Gasteiger partial charge in [-0.05, 0) is 36.2 Å². The summed E-state index contributed by atoms with van der Waals surface area (Å²) in [7, 11) is -3.60. The van der Waals surface area contributed by atoms with Gasteiger partial charge in [-0.3, -0.25) is 4.79 Å². The molecule has 0 radical (unpaired) electrons. The highest BCUT2D eigenvalue weighted by atomic mass is 32.2. The fraction of sp³-hybridized carbons (Fsp3) is 0.235. The first-order valence-corrected chi connectivity index (χ1v) is 9.01. The lowest BCUT2D eigenvalue weighted by Gasteiger charge is -2.08. The van der Waals surface area contributed by atoms with Crippen LogP contribution >= 0.6 is 0 Å². The van der Waals surface area contributed by atoms with Gasteiger partial charge in [0.25, 0.3) is 0 Å². The molecule has 0 aliphatic heterocycles. The summed E-state index contributed by atoms with van der Waals surface area (Å²) >= 11 is 0. The van der Waals surface area contributed by atoms with Crippen molar-refractivity contribution in [2.75, 3.05) is 13.1 Å². The molecule has 0 bridgehead atoms. The second-order valence-electron chi connectivity index (χ2n) is 5.19. The topological polar surface area (TPSA) is 75.3 Å². The minimum atomic E-state index is -3.60. The molecule has 1 amide bonds. The van der Waals surface area contributed by atoms with E-state index in [0.29, 0.717) is 13.0 Å². The molecule has 0 atom stereocenters. The first-order chi connectivity index (χ1) is 11.5. The minimum Gasteiger partial charge on any atom is -0.356 e. The maximum atomic E-state index is 13.0. The molecule has 0 aromatic heterocycles. The van der Waals surface area contributed by atoms with Crippen molar-refractivity contribution in [1.29, 1.82) is 0 Å². The molecule has 2 N–H and O–H groups in total. The van der Waals surface area contributed by atoms with Crippen molar-refractivity contribution in [3.63, 3.8) is 0 Å². The van der Waals surface area contributed by atoms with Crippen LogP contribution in [0.4, 0.5) is 4.39 Å². The molecule has 2 aromatic rings. The number of carbonyl (C=O) groups excluding carboxylic acids is 1. The molecule has 0 saturated heterocycles. The Balaban J connectivity index is 1.70. The molecular formula is C17H19FN2O3S. The standard InChI is InChI=1S/C17H19FN2O3S/c18-15-6-4-5-14(13-15)9-11-19-17(21)10-12-20-24(22,23)16-7-2-1-3-8-16/h1-8,13,20H,9-12H2,(H,19,21). The predicted octanol–water partition coefficient (Wildman–Crippen LogP) is 1.85. The van der Waals surface area contributed by atoms with E-state index < -0.39 is 10.0 Å². The number of hydrogen-bond acceptors (Lipinski definition) is 3. The maximum absolute atomic E-state index is 13.0. The molecule has 0 aliphatic rings. The summed E-state index contributed by atoms with van der Waals surface area (Å²) in [6, 6.07) is 14.1. The Morgan fingerprint density at radius 3 is 2.46 bits per heavy atom. The predicted molar refractivity (Wildman–Crippen MR) is 89.4 cm³/mol. The van der Waals surface area contributed by atoms with Crippen LogP contribution in [-0.2, 0) is 21.2 Å². The number of hydrogen-bond donors (Lipinski definition) is 2. The minimum absolute atomic E-state index is 0.0169. The van der Waals surface area contributed by atoms with Crippen molar-refractivity contribution in [3.05, 3.63) is 66.0 Å². The molecule has 0 unspecified atom stereocenters. The lowest BCUT2D eigenvalue weighted by molar-refractivity contribution is -0.120. The van der Waals surface area contributed by atoms with Gasteiger partial charge in [-0.15, -0.1) is 0 Å². The van der Waals surface area contributed by atoms with Crippen LogP contribution in [0.1, 0.15) is 12.0 Å². The first-order valence-electron chi connectivity index (χ1n) is 7.53. The number of sulfonamides is 1. The number of carbonyl (C=O) groups is 1. The average Bonchev–Trinajstić information content (AvgIpc) is 2.55. The summed E-state index contributed by atoms with van der Waals surface area (Å²) in [5.41, 5.74) is 0.792. The van der Waals surface area contributed by atoms with E-state index in [0.717, 1.165) is 5.56 Å². The van der Waals surface area contributed by atoms with Crippen LogP contribution in [0.15, 0.2) is 59.5 Å². The Labute approximate surface area is 141 Å². The van der Waals surface area contributed by atoms with E-state index >= 15 is 0 Å². The van der Waals surface area contributed by atoms with Crippen LogP contribution in [0.2, 0.25) is 0 Å². The number of amides is 1. The van der Waals surface area contributed by atoms with Crippen molar-refractivity contribution < 1.29 is 17.6 Å². The van der Waals surface area contributed by atoms with Crippen LogP contribution in [-0.4, -0.2) is 27.4 Å². The van der Waals surface area contributed by atoms with E-state index in [9.17, 15) is 17.6 Å². The summed E-state index contributed by atoms with van der Waals surface area (Å²) in [6.45, 7) is 0.386. The van der Waals surface area contributed by atoms with E-state index in [1.807, 2.05) is 0 Å². The molecule has 7 heteroatoms. The van der Waals surface area contributed by atoms with Gasteiger partial charge in [-0.2, -0.15) is 0 Å². The maximum Gasteiger partial charge on any atom is 0.240 e. The lowest BCUT2D eigenvalue weighted by Crippen LogP contribution is -2.31. The number of halogens is 1. The Morgan fingerprint density at radius 1 is 1.00 bits per heavy atom. The summed E-state index contributed by atoms with van der Waals surface area (Å²) in [4.78, 5) is 11.9. The van der Waals surface area contributed by atoms with E-state index in [-0.39, 0.29) is 29.6 Å². The highest BCUT2D eigenvalue weighted by Crippen LogP contribution is 2.06. The third kappa shape index (κ3) is 5.75. The van der Waals surface area contributed by atoms with Crippen molar-refractivity contribution in [1.82, 2.24) is 10.0 Å². The number of rotatable bonds is 8. The van der Waals surface area contributed by atoms with Crippen molar-refractivity contribution in [2.24, 2.45) is 0 Å². The summed E-state index contributed by atoms with van der Waals surface area (Å²) in [5, 5.41) is 2.68. The summed E-state index contributed by atoms with van der Waals surface area (Å²) < 4.78 is 39.3. The van der Waals surface area contributed by atoms with Gasteiger partial charge in [0, 0.05) is 19.5 Å². The second-order valence-corrected chi connectivity index (χ2v) is 6.96. The summed E-state index contributed by atoms with van der Waals surface area (Å²) in [5.74, 6) is -0.573. The van der Waals surface area contributed by atoms with Gasteiger partial charge in [0.15, 0.2) is 0 Å². The molecule has 2 rings (SSSR count). The van der Waals surface area contributed by atoms with Crippen LogP contribution in [0.5, 0.6) is 0 Å². The zero-order chi connectivity index (χ0) is 17.4. The zero-order valence-corrected chi connectivity index (χ0v) is 13.9. The molecule has 0 heterocycles. The van der Waals surface area contributed by atoms with Gasteiger partial charge in [-0.1, -0.05) is 30.3 Å². The van der Waals surface area contributed by atoms with Gasteiger partial charge in [-0.25, -0.2) is 17.5 Å². The largest absolute Gasteiger partial charge is 0.356 e. The van der Waals surface area contributed by atoms with Crippen molar-refractivity contribution >= 4 is 15.9 Å². The number of benzene rings is 2. The molecule has 0 saturated carbocycles. The Morgan fingerprint density at radius 2 is 1.75 bits per heavy atom. The SMILES string of the molecule is O=C(CCNS(=O)(=O)c1ccccc1)NCCc1cccc(F)c1. The molecule has 5 nitrogen and oxygen atoms in total. The fourth-order valence-electron chi connectivity index (χ4n) is 2.11. The van der Waals surface area contributed by atoms with Gasteiger partial charge in [0.1, 0.15) is 5.82 Å². The molecule has 0 aliphatic carbocycles. The normalized spacial score (nSPS) is 11.2. The van der Waals surface area contributed by atoms with Crippen molar-refractivity contribution in [2.45, 2.75) is 17.7 Å². The van der Waals surface area contributed by atoms with Gasteiger partial charge >= 0.3 is 0 Å². The first kappa shape index (κ1) is 18.1. The summed E-state index contributed by atoms with van der Waals surface area (Å²) in [6.07, 6.45) is 0.550. The zero-order valence-electron chi connectivity index (χ0n) is 13.0. The molecule has 2 aromatic carbocycles. The molecule has 0 spiro atoms. The third-order valence-corrected chi connectivity index (χ3v) is 4.80. The van der Waals surface area contributed by atoms with Gasteiger partial charge < -0.3 is 5.32 Å². The van der Waals surface area contributed by atoms with Crippen molar-refractivity contribution in [3.8, 4) is 0 Å². The third-order valence-electron chi connectivity index (χ3n) is 3.32. The quantitative estimate of drug-likeness (QED) is 0.763. The lowest BCUT2D eigenvalue weighted by atomic mass is 10.1. The smallest absolute Gasteiger partial charge is 0.240 e. The number of nitrogens with one attached hydrogen (secondary N) is 2. The highest BCUT2D eigenvalue weighted by molar-refractivity contribution is 7.89. The average molecular weight is 350 g/mol. The Kier molecular flexibility index (Phi) is 6.45. The Bertz CT molecular complexity index is 779. The van der Waals surface area contributed by atoms with E-state index in [4.69, 9.17) is 0 Å². The Hall–Kier alpha value is -2.25. The second kappa shape index (κ2) is 8.56. The molecule has 128 valence electrons. The van der Waals surface area contributed by atoms with E-state index in [1.54, 1.807) is 30.3 Å². The monoisotopic (exact) mass is 350 g/mol. The molecule has 0 fully saturated rings. The highest BCUT2D eigenvalue weighted by Gasteiger charge is 2.13. The van der Waals surface area contributed by atoms with Crippen LogP contribution in [0.25, 0.3) is 0 Å².